The van der Waals surface area contributed by atoms with E-state index in [0.29, 0.717) is 17.9 Å². The molecule has 0 radical (unpaired) electrons. The quantitative estimate of drug-likeness (QED) is 0.664. The lowest BCUT2D eigenvalue weighted by molar-refractivity contribution is -0.117. The monoisotopic (exact) mass is 208 g/mol. The summed E-state index contributed by atoms with van der Waals surface area (Å²) in [5, 5.41) is 0. The number of allylic oxidation sites excluding steroid dienone is 3. The van der Waals surface area contributed by atoms with E-state index in [4.69, 9.17) is 4.74 Å². The molecule has 15 heavy (non-hydrogen) atoms. The summed E-state index contributed by atoms with van der Waals surface area (Å²) in [6.45, 7) is 4.18. The number of rotatable bonds is 4. The molecule has 0 aromatic rings. The van der Waals surface area contributed by atoms with E-state index >= 15 is 0 Å². The van der Waals surface area contributed by atoms with Crippen LogP contribution in [0.2, 0.25) is 0 Å². The van der Waals surface area contributed by atoms with Crippen LogP contribution in [0.1, 0.15) is 26.7 Å². The maximum absolute atomic E-state index is 11.5. The summed E-state index contributed by atoms with van der Waals surface area (Å²) in [5.41, 5.74) is 0.592. The average Bonchev–Trinajstić information content (AvgIpc) is 2.18. The van der Waals surface area contributed by atoms with Gasteiger partial charge in [0.2, 0.25) is 5.78 Å². The molecule has 0 aliphatic heterocycles. The van der Waals surface area contributed by atoms with Gasteiger partial charge in [-0.15, -0.1) is 0 Å². The number of hydrogen-bond donors (Lipinski definition) is 0. The molecule has 0 N–H and O–H groups in total. The highest BCUT2D eigenvalue weighted by Gasteiger charge is 2.20. The molecule has 0 unspecified atom stereocenters. The van der Waals surface area contributed by atoms with Crippen LogP contribution in [-0.4, -0.2) is 18.7 Å². The first kappa shape index (κ1) is 11.7. The Kier molecular flexibility index (Phi) is 3.83. The van der Waals surface area contributed by atoms with E-state index in [1.54, 1.807) is 0 Å². The maximum Gasteiger partial charge on any atom is 0.220 e. The number of hydrogen-bond acceptors (Lipinski definition) is 3. The molecular formula is C12H16O3. The van der Waals surface area contributed by atoms with Crippen molar-refractivity contribution in [1.82, 2.24) is 0 Å². The van der Waals surface area contributed by atoms with Crippen LogP contribution in [-0.2, 0) is 14.3 Å². The van der Waals surface area contributed by atoms with Crippen molar-refractivity contribution in [3.05, 3.63) is 23.5 Å². The zero-order valence-corrected chi connectivity index (χ0v) is 9.37. The maximum atomic E-state index is 11.5. The fraction of sp³-hybridized carbons (Fsp3) is 0.500. The normalized spacial score (nSPS) is 16.5. The second-order valence-electron chi connectivity index (χ2n) is 4.04. The number of methoxy groups -OCH3 is 1. The Bertz CT molecular complexity index is 335. The molecular weight excluding hydrogens is 192 g/mol. The first-order valence-corrected chi connectivity index (χ1v) is 5.09. The highest BCUT2D eigenvalue weighted by molar-refractivity contribution is 6.19. The van der Waals surface area contributed by atoms with Crippen molar-refractivity contribution in [2.24, 2.45) is 5.92 Å². The molecule has 3 nitrogen and oxygen atoms in total. The summed E-state index contributed by atoms with van der Waals surface area (Å²) >= 11 is 0. The highest BCUT2D eigenvalue weighted by atomic mass is 16.5. The van der Waals surface area contributed by atoms with E-state index in [-0.39, 0.29) is 17.3 Å². The van der Waals surface area contributed by atoms with Crippen molar-refractivity contribution < 1.29 is 14.3 Å². The molecule has 0 amide bonds. The third-order valence-electron chi connectivity index (χ3n) is 2.34. The lowest BCUT2D eigenvalue weighted by atomic mass is 9.95. The van der Waals surface area contributed by atoms with Crippen molar-refractivity contribution in [2.45, 2.75) is 26.7 Å². The Hall–Kier alpha value is -1.38. The molecule has 1 aliphatic rings. The van der Waals surface area contributed by atoms with E-state index in [1.165, 1.54) is 19.3 Å². The third-order valence-corrected chi connectivity index (χ3v) is 2.34. The van der Waals surface area contributed by atoms with Gasteiger partial charge in [0.05, 0.1) is 7.11 Å². The second-order valence-corrected chi connectivity index (χ2v) is 4.04. The lowest BCUT2D eigenvalue weighted by Gasteiger charge is -2.11. The molecule has 0 aromatic carbocycles. The van der Waals surface area contributed by atoms with Crippen LogP contribution in [0, 0.1) is 5.92 Å². The van der Waals surface area contributed by atoms with Crippen LogP contribution < -0.4 is 0 Å². The number of carbonyl (C=O) groups excluding carboxylic acids is 2. The van der Waals surface area contributed by atoms with Gasteiger partial charge in [0.1, 0.15) is 0 Å². The zero-order valence-electron chi connectivity index (χ0n) is 9.37. The Morgan fingerprint density at radius 3 is 2.40 bits per heavy atom. The first-order chi connectivity index (χ1) is 7.04. The summed E-state index contributed by atoms with van der Waals surface area (Å²) in [6.07, 6.45) is 4.25. The predicted molar refractivity (Wildman–Crippen MR) is 57.3 cm³/mol. The van der Waals surface area contributed by atoms with Crippen LogP contribution in [0.15, 0.2) is 23.5 Å². The van der Waals surface area contributed by atoms with Gasteiger partial charge in [-0.3, -0.25) is 9.59 Å². The third kappa shape index (κ3) is 3.05. The van der Waals surface area contributed by atoms with Gasteiger partial charge in [-0.25, -0.2) is 0 Å². The average molecular weight is 208 g/mol. The molecule has 1 rings (SSSR count). The molecule has 0 atom stereocenters. The number of ketones is 2. The van der Waals surface area contributed by atoms with Gasteiger partial charge in [0.25, 0.3) is 0 Å². The fourth-order valence-electron chi connectivity index (χ4n) is 1.38. The van der Waals surface area contributed by atoms with Crippen LogP contribution in [0.4, 0.5) is 0 Å². The van der Waals surface area contributed by atoms with Gasteiger partial charge in [-0.2, -0.15) is 0 Å². The van der Waals surface area contributed by atoms with Gasteiger partial charge in [0, 0.05) is 11.6 Å². The molecule has 1 aliphatic carbocycles. The van der Waals surface area contributed by atoms with Gasteiger partial charge in [-0.05, 0) is 24.8 Å². The summed E-state index contributed by atoms with van der Waals surface area (Å²) in [4.78, 5) is 22.9. The van der Waals surface area contributed by atoms with E-state index in [9.17, 15) is 9.59 Å². The standard InChI is InChI=1S/C12H16O3/c1-8(2)4-5-9-6-11(14)12(15-3)7-10(9)13/h6-8H,4-5H2,1-3H3. The minimum Gasteiger partial charge on any atom is -0.493 e. The molecule has 82 valence electrons. The molecule has 0 bridgehead atoms. The largest absolute Gasteiger partial charge is 0.493 e. The molecule has 0 saturated heterocycles. The molecule has 3 heteroatoms. The molecule has 0 heterocycles. The summed E-state index contributed by atoms with van der Waals surface area (Å²) in [6, 6.07) is 0. The van der Waals surface area contributed by atoms with Gasteiger partial charge in [0.15, 0.2) is 11.5 Å². The van der Waals surface area contributed by atoms with Crippen LogP contribution in [0.25, 0.3) is 0 Å². The van der Waals surface area contributed by atoms with Gasteiger partial charge >= 0.3 is 0 Å². The van der Waals surface area contributed by atoms with E-state index in [1.807, 2.05) is 0 Å². The molecule has 0 aromatic heterocycles. The smallest absolute Gasteiger partial charge is 0.220 e. The zero-order chi connectivity index (χ0) is 11.4. The number of carbonyl (C=O) groups is 2. The fourth-order valence-corrected chi connectivity index (χ4v) is 1.38. The summed E-state index contributed by atoms with van der Waals surface area (Å²) in [5.74, 6) is 0.345. The Balaban J connectivity index is 2.70. The van der Waals surface area contributed by atoms with Crippen LogP contribution >= 0.6 is 0 Å². The van der Waals surface area contributed by atoms with Crippen LogP contribution in [0.3, 0.4) is 0 Å². The SMILES string of the molecule is COC1=CC(=O)C(CCC(C)C)=CC1=O. The Labute approximate surface area is 89.8 Å². The number of ether oxygens (including phenoxy) is 1. The molecule has 0 fully saturated rings. The van der Waals surface area contributed by atoms with Gasteiger partial charge < -0.3 is 4.74 Å². The summed E-state index contributed by atoms with van der Waals surface area (Å²) < 4.78 is 4.79. The van der Waals surface area contributed by atoms with Gasteiger partial charge in [-0.1, -0.05) is 13.8 Å². The second kappa shape index (κ2) is 4.91. The van der Waals surface area contributed by atoms with E-state index in [0.717, 1.165) is 6.42 Å². The molecule has 0 saturated carbocycles. The van der Waals surface area contributed by atoms with Crippen molar-refractivity contribution in [3.8, 4) is 0 Å². The van der Waals surface area contributed by atoms with Crippen molar-refractivity contribution >= 4 is 11.6 Å². The highest BCUT2D eigenvalue weighted by Crippen LogP contribution is 2.18. The first-order valence-electron chi connectivity index (χ1n) is 5.09. The van der Waals surface area contributed by atoms with Crippen molar-refractivity contribution in [3.63, 3.8) is 0 Å². The minimum atomic E-state index is -0.212. The predicted octanol–water partition coefficient (Wildman–Crippen LogP) is 2.03. The van der Waals surface area contributed by atoms with Crippen molar-refractivity contribution in [2.75, 3.05) is 7.11 Å². The van der Waals surface area contributed by atoms with E-state index in [2.05, 4.69) is 13.8 Å². The Morgan fingerprint density at radius 1 is 1.20 bits per heavy atom. The Morgan fingerprint density at radius 2 is 1.87 bits per heavy atom. The molecule has 0 spiro atoms. The van der Waals surface area contributed by atoms with Crippen LogP contribution in [0.5, 0.6) is 0 Å². The minimum absolute atomic E-state index is 0.105. The lowest BCUT2D eigenvalue weighted by Crippen LogP contribution is -2.14. The van der Waals surface area contributed by atoms with E-state index < -0.39 is 0 Å². The summed E-state index contributed by atoms with van der Waals surface area (Å²) in [7, 11) is 1.39. The van der Waals surface area contributed by atoms with Crippen molar-refractivity contribution in [1.29, 1.82) is 0 Å². The topological polar surface area (TPSA) is 43.4 Å².